The van der Waals surface area contributed by atoms with Crippen molar-refractivity contribution in [1.82, 2.24) is 5.32 Å². The molecule has 0 aliphatic carbocycles. The molecule has 19 nitrogen and oxygen atoms in total. The molecule has 666 valence electrons. The van der Waals surface area contributed by atoms with Crippen molar-refractivity contribution in [3.05, 3.63) is 146 Å². The lowest BCUT2D eigenvalue weighted by Gasteiger charge is -2.48. The molecule has 19 heteroatoms. The monoisotopic (exact) mass is 1630 g/mol. The summed E-state index contributed by atoms with van der Waals surface area (Å²) in [5.41, 5.74) is 0. The number of hydrogen-bond donors (Lipinski definition) is 12. The maximum atomic E-state index is 13.5. The summed E-state index contributed by atoms with van der Waals surface area (Å²) in [6, 6.07) is -1.01. The van der Waals surface area contributed by atoms with Crippen molar-refractivity contribution >= 4 is 5.91 Å². The van der Waals surface area contributed by atoms with Crippen LogP contribution in [0.4, 0.5) is 0 Å². The van der Waals surface area contributed by atoms with Crippen LogP contribution in [0.5, 0.6) is 0 Å². The first-order valence-electron chi connectivity index (χ1n) is 46.1. The minimum absolute atomic E-state index is 0.217. The molecule has 3 heterocycles. The predicted octanol–water partition coefficient (Wildman–Crippen LogP) is 18.1. The minimum Gasteiger partial charge on any atom is -0.394 e. The summed E-state index contributed by atoms with van der Waals surface area (Å²) in [5, 5.41) is 121. The number of carbonyl (C=O) groups is 1. The van der Waals surface area contributed by atoms with Crippen molar-refractivity contribution in [1.29, 1.82) is 0 Å². The van der Waals surface area contributed by atoms with Gasteiger partial charge in [0.15, 0.2) is 18.9 Å². The summed E-state index contributed by atoms with van der Waals surface area (Å²) in [4.78, 5) is 13.5. The first-order valence-corrected chi connectivity index (χ1v) is 46.1. The van der Waals surface area contributed by atoms with Crippen LogP contribution in [0.2, 0.25) is 0 Å². The van der Waals surface area contributed by atoms with E-state index >= 15 is 0 Å². The Labute approximate surface area is 702 Å². The van der Waals surface area contributed by atoms with Gasteiger partial charge in [0.05, 0.1) is 38.6 Å². The van der Waals surface area contributed by atoms with Crippen molar-refractivity contribution in [2.24, 2.45) is 0 Å². The molecule has 0 aromatic rings. The molecule has 3 rings (SSSR count). The second kappa shape index (κ2) is 74.5. The van der Waals surface area contributed by atoms with Crippen molar-refractivity contribution < 1.29 is 89.4 Å². The second-order valence-electron chi connectivity index (χ2n) is 32.0. The fourth-order valence-corrected chi connectivity index (χ4v) is 14.6. The third-order valence-corrected chi connectivity index (χ3v) is 21.9. The van der Waals surface area contributed by atoms with Gasteiger partial charge in [-0.25, -0.2) is 0 Å². The molecule has 0 spiro atoms. The Morgan fingerprint density at radius 1 is 0.319 bits per heavy atom. The average Bonchev–Trinajstić information content (AvgIpc) is 0.779. The third-order valence-electron chi connectivity index (χ3n) is 21.9. The quantitative estimate of drug-likeness (QED) is 0.0199. The number of aliphatic hydroxyl groups is 11. The molecule has 3 fully saturated rings. The van der Waals surface area contributed by atoms with Gasteiger partial charge in [-0.1, -0.05) is 359 Å². The van der Waals surface area contributed by atoms with E-state index in [9.17, 15) is 61.0 Å². The van der Waals surface area contributed by atoms with Gasteiger partial charge in [-0.3, -0.25) is 4.79 Å². The van der Waals surface area contributed by atoms with E-state index in [0.29, 0.717) is 12.8 Å². The average molecular weight is 1630 g/mol. The highest BCUT2D eigenvalue weighted by Crippen LogP contribution is 2.33. The smallest absolute Gasteiger partial charge is 0.220 e. The van der Waals surface area contributed by atoms with Gasteiger partial charge in [0.25, 0.3) is 0 Å². The van der Waals surface area contributed by atoms with Crippen LogP contribution in [-0.4, -0.2) is 193 Å². The lowest BCUT2D eigenvalue weighted by molar-refractivity contribution is -0.379. The maximum Gasteiger partial charge on any atom is 0.220 e. The van der Waals surface area contributed by atoms with E-state index in [-0.39, 0.29) is 18.9 Å². The second-order valence-corrected chi connectivity index (χ2v) is 32.0. The van der Waals surface area contributed by atoms with Crippen LogP contribution in [0.25, 0.3) is 0 Å². The molecule has 12 N–H and O–H groups in total. The topological polar surface area (TPSA) is 307 Å². The number of ether oxygens (including phenoxy) is 6. The van der Waals surface area contributed by atoms with Gasteiger partial charge >= 0.3 is 0 Å². The van der Waals surface area contributed by atoms with Gasteiger partial charge in [0.2, 0.25) is 5.91 Å². The first-order chi connectivity index (χ1) is 56.8. The van der Waals surface area contributed by atoms with Crippen LogP contribution >= 0.6 is 0 Å². The Kier molecular flexibility index (Phi) is 68.0. The first kappa shape index (κ1) is 106. The Balaban J connectivity index is 1.35. The zero-order valence-corrected chi connectivity index (χ0v) is 71.9. The number of unbranched alkanes of at least 4 members (excludes halogenated alkanes) is 35. The summed E-state index contributed by atoms with van der Waals surface area (Å²) >= 11 is 0. The normalized spacial score (nSPS) is 25.2. The minimum atomic E-state index is -1.99. The maximum absolute atomic E-state index is 13.5. The number of hydrogen-bond acceptors (Lipinski definition) is 18. The van der Waals surface area contributed by atoms with Gasteiger partial charge in [0.1, 0.15) is 73.2 Å². The van der Waals surface area contributed by atoms with Crippen molar-refractivity contribution in [3.8, 4) is 0 Å². The molecular formula is C97H165NO18. The van der Waals surface area contributed by atoms with E-state index < -0.39 is 124 Å². The molecule has 3 saturated heterocycles. The number of allylic oxidation sites excluding steroid dienone is 23. The molecule has 0 radical (unpaired) electrons. The van der Waals surface area contributed by atoms with Crippen LogP contribution in [-0.2, 0) is 33.2 Å². The highest BCUT2D eigenvalue weighted by Gasteiger charge is 2.54. The highest BCUT2D eigenvalue weighted by molar-refractivity contribution is 5.76. The zero-order chi connectivity index (χ0) is 83.8. The predicted molar refractivity (Wildman–Crippen MR) is 470 cm³/mol. The highest BCUT2D eigenvalue weighted by atomic mass is 16.8. The van der Waals surface area contributed by atoms with E-state index in [0.717, 1.165) is 128 Å². The molecule has 1 amide bonds. The van der Waals surface area contributed by atoms with Gasteiger partial charge in [-0.2, -0.15) is 0 Å². The Bertz CT molecular complexity index is 2670. The summed E-state index contributed by atoms with van der Waals surface area (Å²) in [5.74, 6) is -0.296. The lowest BCUT2D eigenvalue weighted by atomic mass is 9.96. The van der Waals surface area contributed by atoms with Crippen molar-refractivity contribution in [3.63, 3.8) is 0 Å². The number of aliphatic hydroxyl groups excluding tert-OH is 11. The Hall–Kier alpha value is -4.33. The van der Waals surface area contributed by atoms with Gasteiger partial charge in [0, 0.05) is 6.42 Å². The summed E-state index contributed by atoms with van der Waals surface area (Å²) < 4.78 is 34.5. The van der Waals surface area contributed by atoms with E-state index in [1.54, 1.807) is 6.08 Å². The molecule has 0 aromatic carbocycles. The van der Waals surface area contributed by atoms with E-state index in [4.69, 9.17) is 28.4 Å². The van der Waals surface area contributed by atoms with Crippen LogP contribution in [0, 0.1) is 0 Å². The zero-order valence-electron chi connectivity index (χ0n) is 71.9. The van der Waals surface area contributed by atoms with Crippen LogP contribution in [0.1, 0.15) is 328 Å². The van der Waals surface area contributed by atoms with Crippen LogP contribution in [0.3, 0.4) is 0 Å². The van der Waals surface area contributed by atoms with Crippen molar-refractivity contribution in [2.75, 3.05) is 26.4 Å². The molecule has 3 aliphatic heterocycles. The molecule has 3 aliphatic rings. The number of rotatable bonds is 73. The SMILES string of the molecule is CC/C=C\C/C=C\C/C=C\C/C=C\C/C=C\C/C=C\C/C=C\C/C=C\C/C=C\C/C=C\CCCCCCCCCCC(=O)NC(COC1OC(CO)C(OC2OC(CO)C(OC3OC(CO)C(O)C(O)C3O)C(O)C2O)C(O)C1O)C(O)/C=C/CC/C=C/CCCCCCCCCCCCCCCCCCCCCCCCCCCC. The standard InChI is InChI=1S/C97H165NO18/c1-3-5-7-9-11-13-15-17-19-21-23-25-27-29-31-33-35-37-38-39-40-41-42-43-45-47-49-51-53-55-57-59-61-63-65-67-69-71-73-75-85(103)98-80(81(102)74-72-70-68-66-64-62-60-58-56-54-52-50-48-46-44-36-34-32-30-28-26-24-22-20-18-16-14-12-10-8-6-4-2)79-111-95-91(109)88(106)93(83(77-100)113-95)116-97-92(110)89(107)94(84(78-101)114-97)115-96-90(108)87(105)86(104)82(76-99)112-96/h5,7,11,13,17,19,23,25,29,31,35,37,39-40,42-43,47,49,53,55,64,66,72,74,80-84,86-97,99-102,104-110H,3-4,6,8-10,12,14-16,18,20-22,24,26-28,30,32-34,36,38,41,44-46,48,50-52,54,56-63,65,67-71,73,75-79H2,1-2H3,(H,98,103)/b7-5-,13-11-,19-17-,25-23-,31-29-,37-35-,40-39-,43-42-,49-47-,55-53-,66-64+,74-72+. The van der Waals surface area contributed by atoms with E-state index in [1.165, 1.54) is 167 Å². The summed E-state index contributed by atoms with van der Waals surface area (Å²) in [7, 11) is 0. The molecule has 0 aromatic heterocycles. The third kappa shape index (κ3) is 52.1. The van der Waals surface area contributed by atoms with Gasteiger partial charge < -0.3 is 89.9 Å². The fourth-order valence-electron chi connectivity index (χ4n) is 14.6. The summed E-state index contributed by atoms with van der Waals surface area (Å²) in [6.07, 6.45) is 82.8. The molecule has 17 atom stereocenters. The summed E-state index contributed by atoms with van der Waals surface area (Å²) in [6.45, 7) is 1.62. The van der Waals surface area contributed by atoms with Crippen LogP contribution < -0.4 is 5.32 Å². The molecular weight excluding hydrogens is 1470 g/mol. The van der Waals surface area contributed by atoms with E-state index in [1.807, 2.05) is 6.08 Å². The molecule has 0 bridgehead atoms. The molecule has 116 heavy (non-hydrogen) atoms. The largest absolute Gasteiger partial charge is 0.394 e. The molecule has 17 unspecified atom stereocenters. The van der Waals surface area contributed by atoms with Crippen LogP contribution in [0.15, 0.2) is 146 Å². The number of amides is 1. The fraction of sp³-hybridized carbons (Fsp3) is 0.742. The Morgan fingerprint density at radius 3 is 0.966 bits per heavy atom. The Morgan fingerprint density at radius 2 is 0.603 bits per heavy atom. The van der Waals surface area contributed by atoms with Gasteiger partial charge in [-0.15, -0.1) is 0 Å². The lowest BCUT2D eigenvalue weighted by Crippen LogP contribution is -2.66. The number of nitrogens with one attached hydrogen (secondary N) is 1. The molecule has 0 saturated carbocycles. The van der Waals surface area contributed by atoms with Gasteiger partial charge in [-0.05, 0) is 109 Å². The van der Waals surface area contributed by atoms with Crippen molar-refractivity contribution in [2.45, 2.75) is 433 Å². The number of carbonyl (C=O) groups excluding carboxylic acids is 1. The van der Waals surface area contributed by atoms with E-state index in [2.05, 4.69) is 153 Å².